The predicted molar refractivity (Wildman–Crippen MR) is 148 cm³/mol. The van der Waals surface area contributed by atoms with Crippen LogP contribution in [0.1, 0.15) is 30.0 Å². The Bertz CT molecular complexity index is 1310. The number of morpholine rings is 1. The average Bonchev–Trinajstić information content (AvgIpc) is 3.39. The number of hydrogen-bond acceptors (Lipinski definition) is 6. The minimum absolute atomic E-state index is 0.0949. The van der Waals surface area contributed by atoms with Crippen molar-refractivity contribution in [2.45, 2.75) is 32.9 Å². The van der Waals surface area contributed by atoms with Crippen LogP contribution < -0.4 is 20.3 Å². The van der Waals surface area contributed by atoms with Gasteiger partial charge in [-0.15, -0.1) is 0 Å². The lowest BCUT2D eigenvalue weighted by Crippen LogP contribution is -2.42. The molecular formula is C28H34N4O4S. The van der Waals surface area contributed by atoms with Crippen molar-refractivity contribution in [3.05, 3.63) is 69.5 Å². The second kappa shape index (κ2) is 11.9. The van der Waals surface area contributed by atoms with Gasteiger partial charge in [0.1, 0.15) is 0 Å². The fourth-order valence-corrected chi connectivity index (χ4v) is 4.97. The summed E-state index contributed by atoms with van der Waals surface area (Å²) < 4.78 is 16.5. The molecule has 2 aromatic carbocycles. The summed E-state index contributed by atoms with van der Waals surface area (Å²) in [7, 11) is 0. The third-order valence-corrected chi connectivity index (χ3v) is 7.29. The molecule has 3 aromatic rings. The Kier molecular flexibility index (Phi) is 8.23. The summed E-state index contributed by atoms with van der Waals surface area (Å²) in [6.45, 7) is 8.62. The van der Waals surface area contributed by atoms with E-state index in [0.29, 0.717) is 23.8 Å². The van der Waals surface area contributed by atoms with E-state index in [-0.39, 0.29) is 12.4 Å². The van der Waals surface area contributed by atoms with Gasteiger partial charge in [0.15, 0.2) is 16.6 Å². The molecule has 3 heterocycles. The summed E-state index contributed by atoms with van der Waals surface area (Å²) in [6.07, 6.45) is 1.92. The van der Waals surface area contributed by atoms with Gasteiger partial charge in [0.2, 0.25) is 6.79 Å². The van der Waals surface area contributed by atoms with Crippen molar-refractivity contribution < 1.29 is 14.2 Å². The number of aromatic nitrogens is 1. The first-order valence-electron chi connectivity index (χ1n) is 13.0. The Morgan fingerprint density at radius 1 is 1.05 bits per heavy atom. The second-order valence-corrected chi connectivity index (χ2v) is 9.87. The number of fused-ring (bicyclic) bond motifs is 2. The Morgan fingerprint density at radius 3 is 2.70 bits per heavy atom. The zero-order chi connectivity index (χ0) is 25.6. The summed E-state index contributed by atoms with van der Waals surface area (Å²) in [5.74, 6) is 1.48. The maximum atomic E-state index is 13.0. The van der Waals surface area contributed by atoms with Crippen molar-refractivity contribution in [2.75, 3.05) is 46.2 Å². The van der Waals surface area contributed by atoms with Crippen LogP contribution >= 0.6 is 12.2 Å². The smallest absolute Gasteiger partial charge is 0.253 e. The number of aromatic amines is 1. The van der Waals surface area contributed by atoms with E-state index in [9.17, 15) is 4.79 Å². The van der Waals surface area contributed by atoms with Gasteiger partial charge in [-0.1, -0.05) is 19.1 Å². The molecule has 8 nitrogen and oxygen atoms in total. The van der Waals surface area contributed by atoms with Crippen LogP contribution in [0.4, 0.5) is 0 Å². The van der Waals surface area contributed by atoms with Crippen molar-refractivity contribution in [3.8, 4) is 11.5 Å². The largest absolute Gasteiger partial charge is 0.454 e. The van der Waals surface area contributed by atoms with E-state index in [4.69, 9.17) is 26.4 Å². The molecule has 2 aliphatic heterocycles. The van der Waals surface area contributed by atoms with Crippen molar-refractivity contribution in [1.82, 2.24) is 20.1 Å². The van der Waals surface area contributed by atoms with Crippen LogP contribution in [0.2, 0.25) is 0 Å². The minimum atomic E-state index is -0.0949. The SMILES string of the molecule is CCc1ccc2[nH]c(=O)c(CN(Cc3ccc4c(c3)OCO4)C(=S)NCCCN3CCOCC3)cc2c1. The fourth-order valence-electron chi connectivity index (χ4n) is 4.74. The number of benzene rings is 2. The van der Waals surface area contributed by atoms with Crippen molar-refractivity contribution in [2.24, 2.45) is 0 Å². The van der Waals surface area contributed by atoms with Crippen molar-refractivity contribution >= 4 is 28.2 Å². The lowest BCUT2D eigenvalue weighted by atomic mass is 10.1. The van der Waals surface area contributed by atoms with Gasteiger partial charge in [0.25, 0.3) is 5.56 Å². The van der Waals surface area contributed by atoms with E-state index in [2.05, 4.69) is 34.3 Å². The van der Waals surface area contributed by atoms with Gasteiger partial charge in [0.05, 0.1) is 19.8 Å². The van der Waals surface area contributed by atoms with Gasteiger partial charge in [-0.25, -0.2) is 0 Å². The van der Waals surface area contributed by atoms with Crippen LogP contribution in [0.5, 0.6) is 11.5 Å². The van der Waals surface area contributed by atoms with E-state index in [0.717, 1.165) is 80.2 Å². The molecule has 1 saturated heterocycles. The molecule has 0 atom stereocenters. The molecule has 1 aromatic heterocycles. The molecule has 2 N–H and O–H groups in total. The molecule has 2 aliphatic rings. The van der Waals surface area contributed by atoms with Crippen molar-refractivity contribution in [3.63, 3.8) is 0 Å². The number of nitrogens with zero attached hydrogens (tertiary/aromatic N) is 2. The lowest BCUT2D eigenvalue weighted by Gasteiger charge is -2.28. The van der Waals surface area contributed by atoms with E-state index in [1.165, 1.54) is 5.56 Å². The predicted octanol–water partition coefficient (Wildman–Crippen LogP) is 3.42. The zero-order valence-electron chi connectivity index (χ0n) is 21.3. The van der Waals surface area contributed by atoms with Gasteiger partial charge < -0.3 is 29.4 Å². The van der Waals surface area contributed by atoms with E-state index in [1.807, 2.05) is 35.2 Å². The van der Waals surface area contributed by atoms with Crippen LogP contribution in [0, 0.1) is 0 Å². The normalized spacial score (nSPS) is 15.2. The maximum absolute atomic E-state index is 13.0. The number of H-pyrrole nitrogens is 1. The van der Waals surface area contributed by atoms with Gasteiger partial charge >= 0.3 is 0 Å². The number of ether oxygens (including phenoxy) is 3. The molecule has 0 amide bonds. The quantitative estimate of drug-likeness (QED) is 0.327. The van der Waals surface area contributed by atoms with E-state index >= 15 is 0 Å². The molecule has 0 radical (unpaired) electrons. The minimum Gasteiger partial charge on any atom is -0.454 e. The molecule has 0 aliphatic carbocycles. The lowest BCUT2D eigenvalue weighted by molar-refractivity contribution is 0.0376. The summed E-state index contributed by atoms with van der Waals surface area (Å²) >= 11 is 5.83. The molecule has 0 saturated carbocycles. The van der Waals surface area contributed by atoms with Gasteiger partial charge in [0, 0.05) is 37.3 Å². The number of aryl methyl sites for hydroxylation is 1. The third-order valence-electron chi connectivity index (χ3n) is 6.88. The Labute approximate surface area is 222 Å². The Morgan fingerprint density at radius 2 is 1.86 bits per heavy atom. The standard InChI is InChI=1S/C28H34N4O4S/c1-2-20-4-6-24-22(14-20)16-23(27(33)30-24)18-32(17-21-5-7-25-26(15-21)36-19-35-25)28(37)29-8-3-9-31-10-12-34-13-11-31/h4-7,14-16H,2-3,8-13,17-19H2,1H3,(H,29,37)(H,30,33). The summed E-state index contributed by atoms with van der Waals surface area (Å²) in [4.78, 5) is 20.5. The molecule has 0 unspecified atom stereocenters. The van der Waals surface area contributed by atoms with Crippen LogP contribution in [0.25, 0.3) is 10.9 Å². The van der Waals surface area contributed by atoms with Crippen LogP contribution in [0.3, 0.4) is 0 Å². The molecule has 37 heavy (non-hydrogen) atoms. The fraction of sp³-hybridized carbons (Fsp3) is 0.429. The second-order valence-electron chi connectivity index (χ2n) is 9.48. The van der Waals surface area contributed by atoms with Gasteiger partial charge in [-0.2, -0.15) is 0 Å². The van der Waals surface area contributed by atoms with Crippen LogP contribution in [0.15, 0.2) is 47.3 Å². The molecule has 0 spiro atoms. The first-order chi connectivity index (χ1) is 18.1. The summed E-state index contributed by atoms with van der Waals surface area (Å²) in [5, 5.41) is 5.08. The molecule has 196 valence electrons. The number of thiocarbonyl (C=S) groups is 1. The van der Waals surface area contributed by atoms with E-state index < -0.39 is 0 Å². The highest BCUT2D eigenvalue weighted by Gasteiger charge is 2.18. The molecule has 5 rings (SSSR count). The molecule has 0 bridgehead atoms. The topological polar surface area (TPSA) is 79.1 Å². The number of rotatable bonds is 9. The highest BCUT2D eigenvalue weighted by molar-refractivity contribution is 7.80. The number of nitrogens with one attached hydrogen (secondary N) is 2. The molecule has 9 heteroatoms. The maximum Gasteiger partial charge on any atom is 0.253 e. The first kappa shape index (κ1) is 25.5. The van der Waals surface area contributed by atoms with Crippen molar-refractivity contribution in [1.29, 1.82) is 0 Å². The summed E-state index contributed by atoms with van der Waals surface area (Å²) in [6, 6.07) is 14.1. The van der Waals surface area contributed by atoms with Crippen LogP contribution in [-0.2, 0) is 24.2 Å². The van der Waals surface area contributed by atoms with Gasteiger partial charge in [-0.3, -0.25) is 9.69 Å². The monoisotopic (exact) mass is 522 g/mol. The Balaban J connectivity index is 1.31. The summed E-state index contributed by atoms with van der Waals surface area (Å²) in [5.41, 5.74) is 3.70. The molecular weight excluding hydrogens is 488 g/mol. The first-order valence-corrected chi connectivity index (χ1v) is 13.4. The third kappa shape index (κ3) is 6.41. The Hall–Kier alpha value is -3.14. The van der Waals surface area contributed by atoms with E-state index in [1.54, 1.807) is 0 Å². The average molecular weight is 523 g/mol. The highest BCUT2D eigenvalue weighted by Crippen LogP contribution is 2.33. The van der Waals surface area contributed by atoms with Gasteiger partial charge in [-0.05, 0) is 78.4 Å². The molecule has 1 fully saturated rings. The zero-order valence-corrected chi connectivity index (χ0v) is 22.1. The number of hydrogen-bond donors (Lipinski definition) is 2. The number of pyridine rings is 1. The van der Waals surface area contributed by atoms with Crippen LogP contribution in [-0.4, -0.2) is 66.1 Å². The highest BCUT2D eigenvalue weighted by atomic mass is 32.1.